The van der Waals surface area contributed by atoms with Crippen molar-refractivity contribution in [3.63, 3.8) is 0 Å². The third kappa shape index (κ3) is 3.93. The summed E-state index contributed by atoms with van der Waals surface area (Å²) in [6.07, 6.45) is 0.753. The van der Waals surface area contributed by atoms with Gasteiger partial charge in [-0.3, -0.25) is 4.79 Å². The van der Waals surface area contributed by atoms with E-state index in [2.05, 4.69) is 4.74 Å². The van der Waals surface area contributed by atoms with Crippen molar-refractivity contribution in [3.8, 4) is 5.75 Å². The standard InChI is InChI=1S/C18H15F2NO4/c19-18(20)25-14-6-3-5-13(10-14)17(23)24-11-16(22)21-9-8-12-4-1-2-7-15(12)21/h1-7,10,18H,8-9,11H2. The predicted molar refractivity (Wildman–Crippen MR) is 85.9 cm³/mol. The lowest BCUT2D eigenvalue weighted by Crippen LogP contribution is -2.33. The van der Waals surface area contributed by atoms with Gasteiger partial charge in [0.15, 0.2) is 6.61 Å². The Morgan fingerprint density at radius 1 is 1.12 bits per heavy atom. The van der Waals surface area contributed by atoms with Gasteiger partial charge >= 0.3 is 12.6 Å². The van der Waals surface area contributed by atoms with Crippen LogP contribution in [0, 0.1) is 0 Å². The van der Waals surface area contributed by atoms with Crippen LogP contribution in [0.25, 0.3) is 0 Å². The number of para-hydroxylation sites is 1. The van der Waals surface area contributed by atoms with Crippen LogP contribution in [-0.4, -0.2) is 31.6 Å². The van der Waals surface area contributed by atoms with Crippen LogP contribution >= 0.6 is 0 Å². The highest BCUT2D eigenvalue weighted by atomic mass is 19.3. The molecule has 0 unspecified atom stereocenters. The molecule has 3 rings (SSSR count). The summed E-state index contributed by atoms with van der Waals surface area (Å²) in [4.78, 5) is 25.9. The number of ether oxygens (including phenoxy) is 2. The van der Waals surface area contributed by atoms with E-state index in [4.69, 9.17) is 4.74 Å². The highest BCUT2D eigenvalue weighted by Crippen LogP contribution is 2.27. The second kappa shape index (κ2) is 7.29. The van der Waals surface area contributed by atoms with Crippen molar-refractivity contribution >= 4 is 17.6 Å². The van der Waals surface area contributed by atoms with Crippen LogP contribution in [0.4, 0.5) is 14.5 Å². The van der Waals surface area contributed by atoms with Crippen molar-refractivity contribution in [3.05, 3.63) is 59.7 Å². The fourth-order valence-electron chi connectivity index (χ4n) is 2.69. The maximum Gasteiger partial charge on any atom is 0.387 e. The van der Waals surface area contributed by atoms with Gasteiger partial charge in [-0.1, -0.05) is 24.3 Å². The van der Waals surface area contributed by atoms with Gasteiger partial charge in [-0.15, -0.1) is 0 Å². The smallest absolute Gasteiger partial charge is 0.387 e. The van der Waals surface area contributed by atoms with E-state index in [1.165, 1.54) is 18.2 Å². The Labute approximate surface area is 142 Å². The van der Waals surface area contributed by atoms with Gasteiger partial charge in [0.2, 0.25) is 0 Å². The number of hydrogen-bond acceptors (Lipinski definition) is 4. The molecule has 0 fully saturated rings. The number of halogens is 2. The molecule has 130 valence electrons. The fraction of sp³-hybridized carbons (Fsp3) is 0.222. The fourth-order valence-corrected chi connectivity index (χ4v) is 2.69. The number of alkyl halides is 2. The molecule has 0 atom stereocenters. The average Bonchev–Trinajstić information content (AvgIpc) is 3.03. The van der Waals surface area contributed by atoms with E-state index in [9.17, 15) is 18.4 Å². The summed E-state index contributed by atoms with van der Waals surface area (Å²) < 4.78 is 33.7. The Kier molecular flexibility index (Phi) is 4.92. The topological polar surface area (TPSA) is 55.8 Å². The lowest BCUT2D eigenvalue weighted by atomic mass is 10.2. The van der Waals surface area contributed by atoms with Crippen LogP contribution < -0.4 is 9.64 Å². The van der Waals surface area contributed by atoms with E-state index >= 15 is 0 Å². The number of esters is 1. The molecule has 25 heavy (non-hydrogen) atoms. The number of nitrogens with zero attached hydrogens (tertiary/aromatic N) is 1. The van der Waals surface area contributed by atoms with Crippen LogP contribution in [-0.2, 0) is 16.0 Å². The first-order chi connectivity index (χ1) is 12.0. The first-order valence-corrected chi connectivity index (χ1v) is 7.65. The average molecular weight is 347 g/mol. The highest BCUT2D eigenvalue weighted by molar-refractivity contribution is 5.98. The number of amides is 1. The molecule has 0 saturated heterocycles. The molecule has 2 aromatic rings. The number of fused-ring (bicyclic) bond motifs is 1. The van der Waals surface area contributed by atoms with Crippen LogP contribution in [0.5, 0.6) is 5.75 Å². The summed E-state index contributed by atoms with van der Waals surface area (Å²) in [6.45, 7) is -2.87. The number of carbonyl (C=O) groups excluding carboxylic acids is 2. The van der Waals surface area contributed by atoms with Crippen molar-refractivity contribution in [2.75, 3.05) is 18.1 Å². The molecule has 2 aromatic carbocycles. The van der Waals surface area contributed by atoms with Gasteiger partial charge in [-0.05, 0) is 36.2 Å². The van der Waals surface area contributed by atoms with Crippen molar-refractivity contribution in [1.29, 1.82) is 0 Å². The summed E-state index contributed by atoms with van der Waals surface area (Å²) in [5, 5.41) is 0. The molecule has 0 aliphatic carbocycles. The molecular weight excluding hydrogens is 332 g/mol. The van der Waals surface area contributed by atoms with Crippen LogP contribution in [0.1, 0.15) is 15.9 Å². The normalized spacial score (nSPS) is 12.8. The third-order valence-corrected chi connectivity index (χ3v) is 3.81. The van der Waals surface area contributed by atoms with Crippen LogP contribution in [0.15, 0.2) is 48.5 Å². The molecule has 1 heterocycles. The summed E-state index contributed by atoms with van der Waals surface area (Å²) in [6, 6.07) is 12.8. The van der Waals surface area contributed by atoms with Gasteiger partial charge < -0.3 is 14.4 Å². The molecule has 0 spiro atoms. The van der Waals surface area contributed by atoms with E-state index < -0.39 is 19.2 Å². The van der Waals surface area contributed by atoms with Gasteiger partial charge in [0.25, 0.3) is 5.91 Å². The summed E-state index contributed by atoms with van der Waals surface area (Å²) in [7, 11) is 0. The van der Waals surface area contributed by atoms with E-state index in [1.807, 2.05) is 24.3 Å². The molecule has 1 aliphatic rings. The van der Waals surface area contributed by atoms with Gasteiger partial charge in [-0.25, -0.2) is 4.79 Å². The lowest BCUT2D eigenvalue weighted by molar-refractivity contribution is -0.121. The van der Waals surface area contributed by atoms with Gasteiger partial charge in [-0.2, -0.15) is 8.78 Å². The number of rotatable bonds is 5. The Bertz CT molecular complexity index is 794. The second-order valence-electron chi connectivity index (χ2n) is 5.41. The minimum atomic E-state index is -2.98. The molecule has 0 saturated carbocycles. The van der Waals surface area contributed by atoms with Gasteiger partial charge in [0, 0.05) is 12.2 Å². The van der Waals surface area contributed by atoms with E-state index in [0.717, 1.165) is 23.7 Å². The highest BCUT2D eigenvalue weighted by Gasteiger charge is 2.25. The first-order valence-electron chi connectivity index (χ1n) is 7.65. The van der Waals surface area contributed by atoms with Crippen molar-refractivity contribution in [2.45, 2.75) is 13.0 Å². The third-order valence-electron chi connectivity index (χ3n) is 3.81. The molecule has 1 amide bonds. The SMILES string of the molecule is O=C(OCC(=O)N1CCc2ccccc21)c1cccc(OC(F)F)c1. The summed E-state index contributed by atoms with van der Waals surface area (Å²) >= 11 is 0. The molecule has 1 aliphatic heterocycles. The molecule has 7 heteroatoms. The number of carbonyl (C=O) groups is 2. The Balaban J connectivity index is 1.60. The van der Waals surface area contributed by atoms with Crippen LogP contribution in [0.2, 0.25) is 0 Å². The summed E-state index contributed by atoms with van der Waals surface area (Å²) in [5.41, 5.74) is 1.92. The van der Waals surface area contributed by atoms with Crippen molar-refractivity contribution < 1.29 is 27.8 Å². The van der Waals surface area contributed by atoms with E-state index in [-0.39, 0.29) is 17.2 Å². The summed E-state index contributed by atoms with van der Waals surface area (Å²) in [5.74, 6) is -1.26. The Morgan fingerprint density at radius 2 is 1.92 bits per heavy atom. The Morgan fingerprint density at radius 3 is 2.72 bits per heavy atom. The van der Waals surface area contributed by atoms with E-state index in [1.54, 1.807) is 4.90 Å². The number of anilines is 1. The number of benzene rings is 2. The zero-order valence-corrected chi connectivity index (χ0v) is 13.2. The van der Waals surface area contributed by atoms with Crippen molar-refractivity contribution in [1.82, 2.24) is 0 Å². The van der Waals surface area contributed by atoms with E-state index in [0.29, 0.717) is 6.54 Å². The van der Waals surface area contributed by atoms with Gasteiger partial charge in [0.05, 0.1) is 5.56 Å². The van der Waals surface area contributed by atoms with Crippen molar-refractivity contribution in [2.24, 2.45) is 0 Å². The largest absolute Gasteiger partial charge is 0.452 e. The minimum absolute atomic E-state index is 0.0350. The molecule has 0 bridgehead atoms. The zero-order valence-electron chi connectivity index (χ0n) is 13.2. The maximum absolute atomic E-state index is 12.3. The molecule has 0 aromatic heterocycles. The second-order valence-corrected chi connectivity index (χ2v) is 5.41. The quantitative estimate of drug-likeness (QED) is 0.780. The number of hydrogen-bond donors (Lipinski definition) is 0. The minimum Gasteiger partial charge on any atom is -0.452 e. The maximum atomic E-state index is 12.3. The molecule has 0 radical (unpaired) electrons. The first kappa shape index (κ1) is 16.9. The molecule has 0 N–H and O–H groups in total. The zero-order chi connectivity index (χ0) is 17.8. The Hall–Kier alpha value is -2.96. The monoisotopic (exact) mass is 347 g/mol. The molecule has 5 nitrogen and oxygen atoms in total. The predicted octanol–water partition coefficient (Wildman–Crippen LogP) is 3.03. The lowest BCUT2D eigenvalue weighted by Gasteiger charge is -2.17. The van der Waals surface area contributed by atoms with Crippen LogP contribution in [0.3, 0.4) is 0 Å². The van der Waals surface area contributed by atoms with Gasteiger partial charge in [0.1, 0.15) is 5.75 Å². The molecular formula is C18H15F2NO4.